The summed E-state index contributed by atoms with van der Waals surface area (Å²) >= 11 is 2.13. The Bertz CT molecular complexity index is 1280. The molecule has 3 aromatic rings. The number of hydrazone groups is 1. The molecule has 0 saturated carbocycles. The van der Waals surface area contributed by atoms with Crippen molar-refractivity contribution in [2.45, 2.75) is 13.5 Å². The number of nitro benzene ring substituents is 1. The summed E-state index contributed by atoms with van der Waals surface area (Å²) in [6.45, 7) is 2.63. The maximum atomic E-state index is 12.4. The molecule has 0 atom stereocenters. The number of halogens is 1. The third kappa shape index (κ3) is 5.98. The summed E-state index contributed by atoms with van der Waals surface area (Å²) in [5, 5.41) is 14.9. The molecular formula is C24H20IN3O7. The van der Waals surface area contributed by atoms with Gasteiger partial charge in [-0.3, -0.25) is 14.9 Å². The molecule has 0 aliphatic carbocycles. The van der Waals surface area contributed by atoms with Gasteiger partial charge in [-0.05, 0) is 83.1 Å². The van der Waals surface area contributed by atoms with Gasteiger partial charge < -0.3 is 18.9 Å². The highest BCUT2D eigenvalue weighted by molar-refractivity contribution is 14.1. The summed E-state index contributed by atoms with van der Waals surface area (Å²) in [5.41, 5.74) is 4.39. The maximum Gasteiger partial charge on any atom is 0.271 e. The van der Waals surface area contributed by atoms with Crippen molar-refractivity contribution in [1.82, 2.24) is 5.43 Å². The van der Waals surface area contributed by atoms with E-state index in [-0.39, 0.29) is 25.0 Å². The Labute approximate surface area is 214 Å². The first-order valence-corrected chi connectivity index (χ1v) is 11.6. The smallest absolute Gasteiger partial charge is 0.271 e. The topological polar surface area (TPSA) is 122 Å². The quantitative estimate of drug-likeness (QED) is 0.167. The van der Waals surface area contributed by atoms with Crippen LogP contribution in [0.25, 0.3) is 0 Å². The fourth-order valence-corrected chi connectivity index (χ4v) is 3.98. The first-order chi connectivity index (χ1) is 16.9. The van der Waals surface area contributed by atoms with Crippen LogP contribution in [0.2, 0.25) is 0 Å². The maximum absolute atomic E-state index is 12.4. The van der Waals surface area contributed by atoms with Crippen LogP contribution >= 0.6 is 22.6 Å². The number of nitrogens with one attached hydrogen (secondary N) is 1. The number of fused-ring (bicyclic) bond motifs is 1. The minimum atomic E-state index is -0.446. The monoisotopic (exact) mass is 589 g/mol. The third-order valence-corrected chi connectivity index (χ3v) is 5.68. The first kappa shape index (κ1) is 24.3. The van der Waals surface area contributed by atoms with Gasteiger partial charge in [0.2, 0.25) is 6.79 Å². The minimum absolute atomic E-state index is 0.0209. The van der Waals surface area contributed by atoms with Gasteiger partial charge in [-0.1, -0.05) is 0 Å². The highest BCUT2D eigenvalue weighted by atomic mass is 127. The van der Waals surface area contributed by atoms with Gasteiger partial charge in [-0.25, -0.2) is 5.43 Å². The van der Waals surface area contributed by atoms with Crippen LogP contribution in [-0.4, -0.2) is 30.4 Å². The Hall–Kier alpha value is -3.87. The zero-order chi connectivity index (χ0) is 24.8. The van der Waals surface area contributed by atoms with Gasteiger partial charge in [0.25, 0.3) is 11.6 Å². The van der Waals surface area contributed by atoms with E-state index in [0.717, 1.165) is 9.13 Å². The summed E-state index contributed by atoms with van der Waals surface area (Å²) in [5.74, 6) is 1.79. The molecule has 0 fully saturated rings. The number of hydrogen-bond acceptors (Lipinski definition) is 8. The largest absolute Gasteiger partial charge is 0.490 e. The number of amides is 1. The lowest BCUT2D eigenvalue weighted by Gasteiger charge is -2.14. The molecule has 1 aliphatic heterocycles. The van der Waals surface area contributed by atoms with Crippen LogP contribution in [0.5, 0.6) is 23.0 Å². The summed E-state index contributed by atoms with van der Waals surface area (Å²) in [4.78, 5) is 22.8. The van der Waals surface area contributed by atoms with Gasteiger partial charge in [0, 0.05) is 17.7 Å². The van der Waals surface area contributed by atoms with Gasteiger partial charge in [0.05, 0.1) is 21.3 Å². The number of carbonyl (C=O) groups is 1. The number of rotatable bonds is 9. The second-order valence-corrected chi connectivity index (χ2v) is 8.40. The number of nitro groups is 1. The SMILES string of the molecule is CCOc1cc(/C=N\NC(=O)c2ccc3c(c2)OCO3)cc(I)c1OCc1ccc([N+](=O)[O-])cc1. The number of benzene rings is 3. The van der Waals surface area contributed by atoms with Crippen molar-refractivity contribution in [3.05, 3.63) is 85.0 Å². The third-order valence-electron chi connectivity index (χ3n) is 4.88. The van der Waals surface area contributed by atoms with Crippen LogP contribution in [0.15, 0.2) is 59.7 Å². The van der Waals surface area contributed by atoms with E-state index in [1.807, 2.05) is 13.0 Å². The summed E-state index contributed by atoms with van der Waals surface area (Å²) < 4.78 is 23.0. The fraction of sp³-hybridized carbons (Fsp3) is 0.167. The molecule has 0 spiro atoms. The Morgan fingerprint density at radius 2 is 1.91 bits per heavy atom. The molecule has 10 nitrogen and oxygen atoms in total. The highest BCUT2D eigenvalue weighted by Crippen LogP contribution is 2.35. The number of non-ortho nitro benzene ring substituents is 1. The molecule has 4 rings (SSSR count). The van der Waals surface area contributed by atoms with Gasteiger partial charge in [0.15, 0.2) is 23.0 Å². The average molecular weight is 589 g/mol. The van der Waals surface area contributed by atoms with Crippen LogP contribution in [-0.2, 0) is 6.61 Å². The van der Waals surface area contributed by atoms with Crippen LogP contribution in [0.3, 0.4) is 0 Å². The van der Waals surface area contributed by atoms with Crippen molar-refractivity contribution < 1.29 is 28.7 Å². The van der Waals surface area contributed by atoms with Crippen molar-refractivity contribution in [2.75, 3.05) is 13.4 Å². The van der Waals surface area contributed by atoms with Crippen LogP contribution in [0, 0.1) is 13.7 Å². The van der Waals surface area contributed by atoms with E-state index >= 15 is 0 Å². The molecule has 0 bridgehead atoms. The van der Waals surface area contributed by atoms with Crippen molar-refractivity contribution in [2.24, 2.45) is 5.10 Å². The zero-order valence-electron chi connectivity index (χ0n) is 18.5. The number of nitrogens with zero attached hydrogens (tertiary/aromatic N) is 2. The van der Waals surface area contributed by atoms with Gasteiger partial charge in [0.1, 0.15) is 6.61 Å². The molecule has 0 aromatic heterocycles. The van der Waals surface area contributed by atoms with E-state index in [0.29, 0.717) is 40.7 Å². The van der Waals surface area contributed by atoms with Gasteiger partial charge >= 0.3 is 0 Å². The van der Waals surface area contributed by atoms with Crippen LogP contribution < -0.4 is 24.4 Å². The molecule has 1 heterocycles. The van der Waals surface area contributed by atoms with Crippen molar-refractivity contribution in [3.8, 4) is 23.0 Å². The Balaban J connectivity index is 1.43. The summed E-state index contributed by atoms with van der Waals surface area (Å²) in [6.07, 6.45) is 1.51. The number of hydrogen-bond donors (Lipinski definition) is 1. The van der Waals surface area contributed by atoms with E-state index in [4.69, 9.17) is 18.9 Å². The second-order valence-electron chi connectivity index (χ2n) is 7.24. The zero-order valence-corrected chi connectivity index (χ0v) is 20.7. The first-order valence-electron chi connectivity index (χ1n) is 10.5. The summed E-state index contributed by atoms with van der Waals surface area (Å²) in [6, 6.07) is 14.7. The van der Waals surface area contributed by atoms with Crippen molar-refractivity contribution >= 4 is 40.4 Å². The molecule has 1 aliphatic rings. The van der Waals surface area contributed by atoms with E-state index in [1.165, 1.54) is 18.3 Å². The Morgan fingerprint density at radius 1 is 1.14 bits per heavy atom. The average Bonchev–Trinajstić information content (AvgIpc) is 3.32. The van der Waals surface area contributed by atoms with E-state index in [2.05, 4.69) is 33.1 Å². The fourth-order valence-electron chi connectivity index (χ4n) is 3.20. The van der Waals surface area contributed by atoms with Crippen LogP contribution in [0.4, 0.5) is 5.69 Å². The predicted octanol–water partition coefficient (Wildman–Crippen LogP) is 4.67. The Morgan fingerprint density at radius 3 is 2.66 bits per heavy atom. The summed E-state index contributed by atoms with van der Waals surface area (Å²) in [7, 11) is 0. The molecule has 35 heavy (non-hydrogen) atoms. The molecule has 0 saturated heterocycles. The number of carbonyl (C=O) groups excluding carboxylic acids is 1. The lowest BCUT2D eigenvalue weighted by molar-refractivity contribution is -0.384. The predicted molar refractivity (Wildman–Crippen MR) is 135 cm³/mol. The lowest BCUT2D eigenvalue weighted by atomic mass is 10.2. The minimum Gasteiger partial charge on any atom is -0.490 e. The van der Waals surface area contributed by atoms with Gasteiger partial charge in [-0.2, -0.15) is 5.10 Å². The molecule has 1 N–H and O–H groups in total. The molecular weight excluding hydrogens is 569 g/mol. The van der Waals surface area contributed by atoms with Gasteiger partial charge in [-0.15, -0.1) is 0 Å². The molecule has 1 amide bonds. The molecule has 0 radical (unpaired) electrons. The molecule has 3 aromatic carbocycles. The van der Waals surface area contributed by atoms with Crippen LogP contribution in [0.1, 0.15) is 28.4 Å². The molecule has 180 valence electrons. The normalized spacial score (nSPS) is 11.9. The molecule has 0 unspecified atom stereocenters. The second kappa shape index (κ2) is 11.0. The van der Waals surface area contributed by atoms with E-state index in [9.17, 15) is 14.9 Å². The van der Waals surface area contributed by atoms with E-state index in [1.54, 1.807) is 36.4 Å². The lowest BCUT2D eigenvalue weighted by Crippen LogP contribution is -2.17. The van der Waals surface area contributed by atoms with Crippen molar-refractivity contribution in [1.29, 1.82) is 0 Å². The molecule has 11 heteroatoms. The number of ether oxygens (including phenoxy) is 4. The standard InChI is InChI=1S/C24H20IN3O7/c1-2-32-22-10-16(12-26-27-24(29)17-5-8-20-21(11-17)35-14-34-20)9-19(25)23(22)33-13-15-3-6-18(7-4-15)28(30)31/h3-12H,2,13-14H2,1H3,(H,27,29)/b26-12-. The highest BCUT2D eigenvalue weighted by Gasteiger charge is 2.16. The van der Waals surface area contributed by atoms with Crippen molar-refractivity contribution in [3.63, 3.8) is 0 Å². The van der Waals surface area contributed by atoms with E-state index < -0.39 is 4.92 Å². The Kier molecular flexibility index (Phi) is 7.65.